The van der Waals surface area contributed by atoms with Crippen LogP contribution in [0.1, 0.15) is 5.56 Å². The van der Waals surface area contributed by atoms with Crippen LogP contribution < -0.4 is 10.1 Å². The maximum absolute atomic E-state index is 12.0. The zero-order valence-electron chi connectivity index (χ0n) is 14.5. The molecule has 2 aromatic rings. The molecule has 140 valence electrons. The number of allylic oxidation sites excluding steroid dienone is 1. The second-order valence-electron chi connectivity index (χ2n) is 5.47. The number of nitrogens with zero attached hydrogens (tertiary/aromatic N) is 3. The van der Waals surface area contributed by atoms with Gasteiger partial charge < -0.3 is 4.74 Å². The summed E-state index contributed by atoms with van der Waals surface area (Å²) in [7, 11) is 1.81. The highest BCUT2D eigenvalue weighted by molar-refractivity contribution is 9.12. The topological polar surface area (TPSA) is 97.1 Å². The van der Waals surface area contributed by atoms with Crippen LogP contribution >= 0.6 is 15.9 Å². The number of nitro benzene ring substituents is 1. The molecule has 0 aliphatic heterocycles. The number of anilines is 1. The normalized spacial score (nSPS) is 10.4. The number of benzene rings is 2. The van der Waals surface area contributed by atoms with Gasteiger partial charge in [0.1, 0.15) is 5.75 Å². The number of amides is 1. The average molecular weight is 433 g/mol. The number of rotatable bonds is 7. The molecule has 1 amide bonds. The first-order valence-corrected chi connectivity index (χ1v) is 8.54. The van der Waals surface area contributed by atoms with Gasteiger partial charge in [0.25, 0.3) is 5.69 Å². The van der Waals surface area contributed by atoms with Crippen molar-refractivity contribution in [2.75, 3.05) is 12.4 Å². The Kier molecular flexibility index (Phi) is 7.07. The lowest BCUT2D eigenvalue weighted by Crippen LogP contribution is -2.17. The van der Waals surface area contributed by atoms with E-state index in [2.05, 4.69) is 32.9 Å². The van der Waals surface area contributed by atoms with Gasteiger partial charge in [-0.3, -0.25) is 20.4 Å². The summed E-state index contributed by atoms with van der Waals surface area (Å²) in [6.45, 7) is 4.21. The molecule has 0 bridgehead atoms. The lowest BCUT2D eigenvalue weighted by atomic mass is 10.2. The van der Waals surface area contributed by atoms with Crippen LogP contribution in [0.5, 0.6) is 5.75 Å². The number of non-ortho nitro benzene ring substituents is 1. The number of carbonyl (C=O) groups excluding carboxylic acids is 1. The smallest absolute Gasteiger partial charge is 0.410 e. The molecule has 0 radical (unpaired) electrons. The fraction of sp³-hybridized carbons (Fsp3) is 0.111. The maximum Gasteiger partial charge on any atom is 0.417 e. The molecule has 2 aromatic carbocycles. The first-order valence-electron chi connectivity index (χ1n) is 7.75. The van der Waals surface area contributed by atoms with E-state index in [4.69, 9.17) is 4.74 Å². The number of carbonyl (C=O) groups is 1. The molecule has 0 saturated heterocycles. The van der Waals surface area contributed by atoms with Gasteiger partial charge in [-0.15, -0.1) is 0 Å². The van der Waals surface area contributed by atoms with Crippen molar-refractivity contribution in [3.8, 4) is 5.75 Å². The van der Waals surface area contributed by atoms with E-state index in [1.54, 1.807) is 29.4 Å². The van der Waals surface area contributed by atoms with Crippen molar-refractivity contribution < 1.29 is 14.5 Å². The third-order valence-corrected chi connectivity index (χ3v) is 3.44. The Morgan fingerprint density at radius 2 is 2.07 bits per heavy atom. The van der Waals surface area contributed by atoms with Crippen molar-refractivity contribution in [2.24, 2.45) is 5.10 Å². The van der Waals surface area contributed by atoms with Gasteiger partial charge in [0, 0.05) is 29.4 Å². The Balaban J connectivity index is 1.95. The van der Waals surface area contributed by atoms with Gasteiger partial charge >= 0.3 is 6.09 Å². The number of nitro groups is 1. The van der Waals surface area contributed by atoms with Gasteiger partial charge in [-0.05, 0) is 45.8 Å². The second-order valence-corrected chi connectivity index (χ2v) is 6.49. The lowest BCUT2D eigenvalue weighted by molar-refractivity contribution is -0.384. The summed E-state index contributed by atoms with van der Waals surface area (Å²) >= 11 is 3.20. The SMILES string of the molecule is C=C(Br)/C=N\N(C)Cc1cccc(NC(=O)Oc2ccc([N+](=O)[O-])cc2)c1. The van der Waals surface area contributed by atoms with Gasteiger partial charge in [-0.25, -0.2) is 4.79 Å². The lowest BCUT2D eigenvalue weighted by Gasteiger charge is -2.13. The maximum atomic E-state index is 12.0. The van der Waals surface area contributed by atoms with Crippen LogP contribution in [0.4, 0.5) is 16.2 Å². The highest BCUT2D eigenvalue weighted by Crippen LogP contribution is 2.18. The van der Waals surface area contributed by atoms with Crippen LogP contribution in [-0.4, -0.2) is 29.3 Å². The van der Waals surface area contributed by atoms with Gasteiger partial charge in [0.2, 0.25) is 0 Å². The summed E-state index contributed by atoms with van der Waals surface area (Å²) in [5.74, 6) is 0.207. The van der Waals surface area contributed by atoms with E-state index in [0.29, 0.717) is 16.7 Å². The van der Waals surface area contributed by atoms with Gasteiger partial charge in [-0.1, -0.05) is 18.7 Å². The van der Waals surface area contributed by atoms with Gasteiger partial charge in [-0.2, -0.15) is 5.10 Å². The molecule has 27 heavy (non-hydrogen) atoms. The molecule has 8 nitrogen and oxygen atoms in total. The summed E-state index contributed by atoms with van der Waals surface area (Å²) in [5, 5.41) is 19.2. The molecule has 0 unspecified atom stereocenters. The van der Waals surface area contributed by atoms with Crippen molar-refractivity contribution in [2.45, 2.75) is 6.54 Å². The summed E-state index contributed by atoms with van der Waals surface area (Å²) in [6, 6.07) is 12.5. The van der Waals surface area contributed by atoms with Crippen molar-refractivity contribution >= 4 is 39.6 Å². The van der Waals surface area contributed by atoms with Crippen LogP contribution in [0.3, 0.4) is 0 Å². The molecule has 0 heterocycles. The summed E-state index contributed by atoms with van der Waals surface area (Å²) < 4.78 is 5.78. The Morgan fingerprint density at radius 1 is 1.37 bits per heavy atom. The molecular weight excluding hydrogens is 416 g/mol. The third-order valence-electron chi connectivity index (χ3n) is 3.24. The average Bonchev–Trinajstić information content (AvgIpc) is 2.60. The Bertz CT molecular complexity index is 868. The summed E-state index contributed by atoms with van der Waals surface area (Å²) in [4.78, 5) is 22.1. The van der Waals surface area contributed by atoms with Crippen LogP contribution in [0.25, 0.3) is 0 Å². The third kappa shape index (κ3) is 6.90. The van der Waals surface area contributed by atoms with Gasteiger partial charge in [0.05, 0.1) is 17.7 Å². The Labute approximate surface area is 164 Å². The highest BCUT2D eigenvalue weighted by atomic mass is 79.9. The van der Waals surface area contributed by atoms with E-state index in [1.165, 1.54) is 24.3 Å². The Morgan fingerprint density at radius 3 is 2.70 bits per heavy atom. The molecule has 0 atom stereocenters. The molecular formula is C18H17BrN4O4. The molecule has 9 heteroatoms. The molecule has 2 rings (SSSR count). The molecule has 0 aliphatic carbocycles. The van der Waals surface area contributed by atoms with Crippen LogP contribution in [0.2, 0.25) is 0 Å². The minimum absolute atomic E-state index is 0.0780. The van der Waals surface area contributed by atoms with Crippen LogP contribution in [-0.2, 0) is 6.54 Å². The largest absolute Gasteiger partial charge is 0.417 e. The first-order chi connectivity index (χ1) is 12.8. The molecule has 0 saturated carbocycles. The molecule has 1 N–H and O–H groups in total. The zero-order chi connectivity index (χ0) is 19.8. The van der Waals surface area contributed by atoms with Crippen LogP contribution in [0, 0.1) is 10.1 Å². The number of halogens is 1. The number of nitrogens with one attached hydrogen (secondary N) is 1. The fourth-order valence-electron chi connectivity index (χ4n) is 2.10. The number of hydrogen-bond donors (Lipinski definition) is 1. The predicted molar refractivity (Wildman–Crippen MR) is 107 cm³/mol. The Hall–Kier alpha value is -3.20. The zero-order valence-corrected chi connectivity index (χ0v) is 16.0. The van der Waals surface area contributed by atoms with E-state index < -0.39 is 11.0 Å². The van der Waals surface area contributed by atoms with E-state index in [1.807, 2.05) is 13.1 Å². The van der Waals surface area contributed by atoms with E-state index in [-0.39, 0.29) is 11.4 Å². The van der Waals surface area contributed by atoms with E-state index >= 15 is 0 Å². The molecule has 0 aromatic heterocycles. The minimum Gasteiger partial charge on any atom is -0.410 e. The number of hydrogen-bond acceptors (Lipinski definition) is 6. The number of ether oxygens (including phenoxy) is 1. The molecule has 0 aliphatic rings. The molecule has 0 spiro atoms. The summed E-state index contributed by atoms with van der Waals surface area (Å²) in [6.07, 6.45) is 0.895. The van der Waals surface area contributed by atoms with Crippen molar-refractivity contribution in [1.82, 2.24) is 5.01 Å². The number of hydrazone groups is 1. The predicted octanol–water partition coefficient (Wildman–Crippen LogP) is 4.53. The first kappa shape index (κ1) is 20.1. The summed E-state index contributed by atoms with van der Waals surface area (Å²) in [5.41, 5.74) is 1.41. The minimum atomic E-state index is -0.692. The standard InChI is InChI=1S/C18H17BrN4O4/c1-13(19)11-20-22(2)12-14-4-3-5-15(10-14)21-18(24)27-17-8-6-16(7-9-17)23(25)26/h3-11H,1,12H2,2H3,(H,21,24)/b20-11-. The van der Waals surface area contributed by atoms with E-state index in [0.717, 1.165) is 5.56 Å². The van der Waals surface area contributed by atoms with Crippen molar-refractivity contribution in [3.05, 3.63) is 75.3 Å². The van der Waals surface area contributed by atoms with Gasteiger partial charge in [0.15, 0.2) is 0 Å². The van der Waals surface area contributed by atoms with Crippen molar-refractivity contribution in [3.63, 3.8) is 0 Å². The van der Waals surface area contributed by atoms with E-state index in [9.17, 15) is 14.9 Å². The van der Waals surface area contributed by atoms with Crippen molar-refractivity contribution in [1.29, 1.82) is 0 Å². The second kappa shape index (κ2) is 9.48. The quantitative estimate of drug-likeness (QED) is 0.393. The van der Waals surface area contributed by atoms with Crippen LogP contribution in [0.15, 0.2) is 64.7 Å². The fourth-order valence-corrected chi connectivity index (χ4v) is 2.19. The monoisotopic (exact) mass is 432 g/mol. The molecule has 0 fully saturated rings. The highest BCUT2D eigenvalue weighted by Gasteiger charge is 2.09.